The summed E-state index contributed by atoms with van der Waals surface area (Å²) in [5, 5.41) is 1.93. The van der Waals surface area contributed by atoms with Gasteiger partial charge in [0, 0.05) is 34.0 Å². The molecule has 0 aliphatic heterocycles. The summed E-state index contributed by atoms with van der Waals surface area (Å²) in [6.07, 6.45) is 1.77. The maximum atomic E-state index is 12.2. The number of nitrogens with zero attached hydrogens (tertiary/aromatic N) is 1. The molecule has 2 N–H and O–H groups in total. The zero-order valence-electron chi connectivity index (χ0n) is 11.5. The second kappa shape index (κ2) is 5.91. The van der Waals surface area contributed by atoms with Crippen LogP contribution < -0.4 is 5.73 Å². The highest BCUT2D eigenvalue weighted by molar-refractivity contribution is 7.07. The molecule has 0 bridgehead atoms. The van der Waals surface area contributed by atoms with Crippen LogP contribution in [0, 0.1) is 0 Å². The molecular weight excluding hydrogens is 296 g/mol. The van der Waals surface area contributed by atoms with Crippen LogP contribution in [0.3, 0.4) is 0 Å². The quantitative estimate of drug-likeness (QED) is 0.506. The minimum Gasteiger partial charge on any atom is -0.398 e. The van der Waals surface area contributed by atoms with Gasteiger partial charge in [0.25, 0.3) is 0 Å². The third kappa shape index (κ3) is 2.42. The molecule has 22 heavy (non-hydrogen) atoms. The summed E-state index contributed by atoms with van der Waals surface area (Å²) in [5.74, 6) is -0.309. The van der Waals surface area contributed by atoms with E-state index in [1.807, 2.05) is 5.38 Å². The van der Waals surface area contributed by atoms with Gasteiger partial charge in [-0.15, -0.1) is 11.3 Å². The largest absolute Gasteiger partial charge is 0.398 e. The number of carbonyl (C=O) groups excluding carboxylic acids is 2. The van der Waals surface area contributed by atoms with Crippen LogP contribution in [0.4, 0.5) is 5.69 Å². The highest BCUT2D eigenvalue weighted by Crippen LogP contribution is 2.30. The molecule has 1 aromatic heterocycles. The molecule has 0 atom stereocenters. The molecule has 1 heterocycles. The van der Waals surface area contributed by atoms with Crippen LogP contribution in [0.25, 0.3) is 0 Å². The number of hydrogen-bond donors (Lipinski definition) is 1. The van der Waals surface area contributed by atoms with Crippen LogP contribution in [0.5, 0.6) is 0 Å². The maximum absolute atomic E-state index is 12.2. The first-order chi connectivity index (χ1) is 10.7. The number of carbonyl (C=O) groups is 2. The second-order valence-electron chi connectivity index (χ2n) is 4.65. The number of fused-ring (bicyclic) bond motifs is 2. The lowest BCUT2D eigenvalue weighted by Gasteiger charge is -2.18. The molecule has 0 unspecified atom stereocenters. The number of ketones is 2. The third-order valence-corrected chi connectivity index (χ3v) is 3.85. The van der Waals surface area contributed by atoms with Crippen LogP contribution in [0.1, 0.15) is 31.8 Å². The van der Waals surface area contributed by atoms with E-state index < -0.39 is 0 Å². The zero-order valence-corrected chi connectivity index (χ0v) is 12.3. The highest BCUT2D eigenvalue weighted by atomic mass is 32.1. The molecule has 1 aliphatic carbocycles. The van der Waals surface area contributed by atoms with Crippen LogP contribution in [-0.4, -0.2) is 16.6 Å². The number of thiazole rings is 1. The summed E-state index contributed by atoms with van der Waals surface area (Å²) in [7, 11) is 0. The minimum absolute atomic E-state index is 0.137. The van der Waals surface area contributed by atoms with Crippen molar-refractivity contribution in [3.63, 3.8) is 0 Å². The summed E-state index contributed by atoms with van der Waals surface area (Å²) < 4.78 is 0. The van der Waals surface area contributed by atoms with Gasteiger partial charge in [-0.25, -0.2) is 0 Å². The average molecular weight is 308 g/mol. The van der Waals surface area contributed by atoms with E-state index >= 15 is 0 Å². The van der Waals surface area contributed by atoms with E-state index in [2.05, 4.69) is 4.98 Å². The predicted molar refractivity (Wildman–Crippen MR) is 86.3 cm³/mol. The smallest absolute Gasteiger partial charge is 0.196 e. The first-order valence-corrected chi connectivity index (χ1v) is 7.53. The molecule has 108 valence electrons. The third-order valence-electron chi connectivity index (χ3n) is 3.33. The Balaban J connectivity index is 0.000000246. The number of nitrogen functional groups attached to an aromatic ring is 1. The summed E-state index contributed by atoms with van der Waals surface area (Å²) >= 11 is 1.60. The molecule has 5 heteroatoms. The van der Waals surface area contributed by atoms with Crippen molar-refractivity contribution in [3.8, 4) is 0 Å². The van der Waals surface area contributed by atoms with Gasteiger partial charge >= 0.3 is 0 Å². The van der Waals surface area contributed by atoms with E-state index in [0.717, 1.165) is 0 Å². The van der Waals surface area contributed by atoms with Crippen molar-refractivity contribution in [2.24, 2.45) is 0 Å². The first kappa shape index (κ1) is 14.2. The Morgan fingerprint density at radius 1 is 0.864 bits per heavy atom. The maximum Gasteiger partial charge on any atom is 0.196 e. The van der Waals surface area contributed by atoms with Gasteiger partial charge in [-0.2, -0.15) is 0 Å². The zero-order chi connectivity index (χ0) is 15.5. The molecule has 0 spiro atoms. The number of rotatable bonds is 0. The molecule has 0 saturated heterocycles. The second-order valence-corrected chi connectivity index (χ2v) is 5.40. The molecule has 0 fully saturated rings. The van der Waals surface area contributed by atoms with Gasteiger partial charge in [0.05, 0.1) is 11.1 Å². The number of benzene rings is 2. The van der Waals surface area contributed by atoms with E-state index in [0.29, 0.717) is 27.9 Å². The van der Waals surface area contributed by atoms with E-state index in [1.165, 1.54) is 0 Å². The summed E-state index contributed by atoms with van der Waals surface area (Å²) in [4.78, 5) is 28.2. The highest BCUT2D eigenvalue weighted by Gasteiger charge is 2.30. The SMILES string of the molecule is Nc1cccc2c1C(=O)c1ccccc1C2=O.c1cscn1. The molecule has 0 amide bonds. The van der Waals surface area contributed by atoms with Gasteiger partial charge in [0.15, 0.2) is 11.6 Å². The summed E-state index contributed by atoms with van der Waals surface area (Å²) in [6, 6.07) is 11.8. The van der Waals surface area contributed by atoms with Crippen molar-refractivity contribution in [1.82, 2.24) is 4.98 Å². The normalized spacial score (nSPS) is 12.0. The first-order valence-electron chi connectivity index (χ1n) is 6.59. The minimum atomic E-state index is -0.173. The topological polar surface area (TPSA) is 73.1 Å². The Hall–Kier alpha value is -2.79. The van der Waals surface area contributed by atoms with Crippen LogP contribution in [0.2, 0.25) is 0 Å². The van der Waals surface area contributed by atoms with Gasteiger partial charge in [-0.1, -0.05) is 36.4 Å². The molecule has 0 saturated carbocycles. The van der Waals surface area contributed by atoms with E-state index in [9.17, 15) is 9.59 Å². The molecular formula is C17H12N2O2S. The van der Waals surface area contributed by atoms with Crippen LogP contribution in [-0.2, 0) is 0 Å². The summed E-state index contributed by atoms with van der Waals surface area (Å²) in [6.45, 7) is 0. The average Bonchev–Trinajstić information content (AvgIpc) is 3.12. The Morgan fingerprint density at radius 2 is 1.55 bits per heavy atom. The van der Waals surface area contributed by atoms with E-state index in [1.54, 1.807) is 65.5 Å². The molecule has 0 radical (unpaired) electrons. The number of hydrogen-bond acceptors (Lipinski definition) is 5. The molecule has 2 aromatic carbocycles. The lowest BCUT2D eigenvalue weighted by molar-refractivity contribution is 0.0979. The van der Waals surface area contributed by atoms with Crippen molar-refractivity contribution < 1.29 is 9.59 Å². The van der Waals surface area contributed by atoms with Crippen molar-refractivity contribution in [2.75, 3.05) is 5.73 Å². The van der Waals surface area contributed by atoms with Crippen molar-refractivity contribution in [2.45, 2.75) is 0 Å². The number of anilines is 1. The van der Waals surface area contributed by atoms with Crippen LogP contribution in [0.15, 0.2) is 59.6 Å². The van der Waals surface area contributed by atoms with Gasteiger partial charge < -0.3 is 5.73 Å². The van der Waals surface area contributed by atoms with Gasteiger partial charge in [-0.3, -0.25) is 14.6 Å². The molecule has 3 aromatic rings. The Bertz CT molecular complexity index is 824. The van der Waals surface area contributed by atoms with E-state index in [4.69, 9.17) is 5.73 Å². The predicted octanol–water partition coefficient (Wildman–Crippen LogP) is 3.19. The Morgan fingerprint density at radius 3 is 2.14 bits per heavy atom. The van der Waals surface area contributed by atoms with Gasteiger partial charge in [0.2, 0.25) is 0 Å². The monoisotopic (exact) mass is 308 g/mol. The van der Waals surface area contributed by atoms with Gasteiger partial charge in [0.1, 0.15) is 0 Å². The number of aromatic nitrogens is 1. The van der Waals surface area contributed by atoms with Crippen molar-refractivity contribution >= 4 is 28.6 Å². The lowest BCUT2D eigenvalue weighted by atomic mass is 9.83. The van der Waals surface area contributed by atoms with Gasteiger partial charge in [-0.05, 0) is 6.07 Å². The number of nitrogens with two attached hydrogens (primary N) is 1. The fraction of sp³-hybridized carbons (Fsp3) is 0. The Kier molecular flexibility index (Phi) is 3.80. The summed E-state index contributed by atoms with van der Waals surface area (Å²) in [5.41, 5.74) is 9.54. The van der Waals surface area contributed by atoms with Crippen molar-refractivity contribution in [1.29, 1.82) is 0 Å². The van der Waals surface area contributed by atoms with Crippen LogP contribution >= 0.6 is 11.3 Å². The molecule has 4 nitrogen and oxygen atoms in total. The fourth-order valence-corrected chi connectivity index (χ4v) is 2.70. The molecule has 4 rings (SSSR count). The van der Waals surface area contributed by atoms with Crippen molar-refractivity contribution in [3.05, 3.63) is 81.8 Å². The Labute approximate surface area is 131 Å². The standard InChI is InChI=1S/C14H9NO2.C3H3NS/c15-11-7-3-6-10-12(11)14(17)9-5-2-1-4-8(9)13(10)16;1-2-5-3-4-1/h1-7H,15H2;1-3H. The molecule has 1 aliphatic rings. The van der Waals surface area contributed by atoms with E-state index in [-0.39, 0.29) is 11.6 Å². The lowest BCUT2D eigenvalue weighted by Crippen LogP contribution is -2.22. The fourth-order valence-electron chi connectivity index (χ4n) is 2.35.